The van der Waals surface area contributed by atoms with Crippen LogP contribution in [-0.2, 0) is 28.5 Å². The summed E-state index contributed by atoms with van der Waals surface area (Å²) in [4.78, 5) is 62.9. The maximum atomic E-state index is 12.9. The van der Waals surface area contributed by atoms with Crippen LogP contribution >= 0.6 is 0 Å². The van der Waals surface area contributed by atoms with Crippen molar-refractivity contribution in [3.05, 3.63) is 108 Å². The van der Waals surface area contributed by atoms with E-state index in [4.69, 9.17) is 14.2 Å². The van der Waals surface area contributed by atoms with Crippen molar-refractivity contribution >= 4 is 30.2 Å². The summed E-state index contributed by atoms with van der Waals surface area (Å²) in [5.41, 5.74) is 0.141. The van der Waals surface area contributed by atoms with Crippen molar-refractivity contribution in [2.75, 3.05) is 7.11 Å². The zero-order valence-corrected chi connectivity index (χ0v) is 20.2. The lowest BCUT2D eigenvalue weighted by Crippen LogP contribution is -2.53. The first-order chi connectivity index (χ1) is 18.3. The molecule has 0 spiro atoms. The van der Waals surface area contributed by atoms with Gasteiger partial charge in [0.25, 0.3) is 0 Å². The molecule has 38 heavy (non-hydrogen) atoms. The predicted molar refractivity (Wildman–Crippen MR) is 131 cm³/mol. The maximum absolute atomic E-state index is 12.9. The van der Waals surface area contributed by atoms with E-state index in [0.717, 1.165) is 7.11 Å². The molecule has 0 saturated carbocycles. The molecule has 196 valence electrons. The number of hydrogen-bond acceptors (Lipinski definition) is 10. The van der Waals surface area contributed by atoms with Gasteiger partial charge in [-0.25, -0.2) is 19.2 Å². The Kier molecular flexibility index (Phi) is 9.84. The fourth-order valence-corrected chi connectivity index (χ4v) is 3.36. The lowest BCUT2D eigenvalue weighted by Gasteiger charge is -2.31. The monoisotopic (exact) mass is 520 g/mol. The molecule has 0 aliphatic rings. The van der Waals surface area contributed by atoms with E-state index >= 15 is 0 Å². The molecule has 0 heterocycles. The number of benzene rings is 3. The average molecular weight is 520 g/mol. The second-order valence-electron chi connectivity index (χ2n) is 7.81. The van der Waals surface area contributed by atoms with Gasteiger partial charge in [0.2, 0.25) is 0 Å². The van der Waals surface area contributed by atoms with Gasteiger partial charge in [0.15, 0.2) is 30.7 Å². The predicted octanol–water partition coefficient (Wildman–Crippen LogP) is 2.40. The number of aldehydes is 1. The zero-order valence-electron chi connectivity index (χ0n) is 20.2. The van der Waals surface area contributed by atoms with Crippen LogP contribution in [0.15, 0.2) is 91.0 Å². The molecule has 0 aromatic heterocycles. The Morgan fingerprint density at radius 2 is 1.00 bits per heavy atom. The molecule has 0 unspecified atom stereocenters. The number of carbonyl (C=O) groups is 5. The number of aliphatic hydroxyl groups is 1. The van der Waals surface area contributed by atoms with Crippen molar-refractivity contribution in [3.63, 3.8) is 0 Å². The van der Waals surface area contributed by atoms with Crippen molar-refractivity contribution in [1.29, 1.82) is 0 Å². The second kappa shape index (κ2) is 13.5. The van der Waals surface area contributed by atoms with Gasteiger partial charge in [-0.2, -0.15) is 0 Å². The molecule has 3 aromatic rings. The van der Waals surface area contributed by atoms with Crippen molar-refractivity contribution in [3.8, 4) is 0 Å². The van der Waals surface area contributed by atoms with Crippen LogP contribution in [-0.4, -0.2) is 66.8 Å². The van der Waals surface area contributed by atoms with Gasteiger partial charge in [0, 0.05) is 0 Å². The van der Waals surface area contributed by atoms with Crippen LogP contribution in [0.5, 0.6) is 0 Å². The highest BCUT2D eigenvalue weighted by atomic mass is 16.6. The minimum atomic E-state index is -2.22. The molecule has 0 amide bonds. The van der Waals surface area contributed by atoms with Crippen LogP contribution in [0, 0.1) is 0 Å². The highest BCUT2D eigenvalue weighted by Crippen LogP contribution is 2.21. The molecule has 0 radical (unpaired) electrons. The lowest BCUT2D eigenvalue weighted by atomic mass is 10.0. The summed E-state index contributed by atoms with van der Waals surface area (Å²) < 4.78 is 20.7. The van der Waals surface area contributed by atoms with Crippen LogP contribution in [0.4, 0.5) is 0 Å². The van der Waals surface area contributed by atoms with Gasteiger partial charge in [-0.3, -0.25) is 4.79 Å². The van der Waals surface area contributed by atoms with E-state index in [2.05, 4.69) is 4.74 Å². The smallest absolute Gasteiger partial charge is 0.338 e. The molecular weight excluding hydrogens is 496 g/mol. The van der Waals surface area contributed by atoms with Crippen molar-refractivity contribution in [2.24, 2.45) is 0 Å². The summed E-state index contributed by atoms with van der Waals surface area (Å²) in [5, 5.41) is 10.7. The molecule has 10 heteroatoms. The van der Waals surface area contributed by atoms with Crippen LogP contribution in [0.25, 0.3) is 0 Å². The fourth-order valence-electron chi connectivity index (χ4n) is 3.36. The van der Waals surface area contributed by atoms with Crippen molar-refractivity contribution in [1.82, 2.24) is 0 Å². The first-order valence-electron chi connectivity index (χ1n) is 11.3. The third-order valence-corrected chi connectivity index (χ3v) is 5.29. The zero-order chi connectivity index (χ0) is 27.5. The Morgan fingerprint density at radius 3 is 1.37 bits per heavy atom. The van der Waals surface area contributed by atoms with E-state index in [1.165, 1.54) is 36.4 Å². The Labute approximate surface area is 217 Å². The molecular formula is C28H24O10. The minimum absolute atomic E-state index is 0.0339. The van der Waals surface area contributed by atoms with E-state index in [1.807, 2.05) is 0 Å². The summed E-state index contributed by atoms with van der Waals surface area (Å²) in [6.45, 7) is 0. The Morgan fingerprint density at radius 1 is 0.632 bits per heavy atom. The number of ether oxygens (including phenoxy) is 4. The Balaban J connectivity index is 2.01. The molecule has 1 N–H and O–H groups in total. The molecule has 0 saturated heterocycles. The molecule has 0 bridgehead atoms. The van der Waals surface area contributed by atoms with Crippen LogP contribution in [0.2, 0.25) is 0 Å². The normalized spacial score (nSPS) is 13.6. The van der Waals surface area contributed by atoms with Gasteiger partial charge >= 0.3 is 23.9 Å². The van der Waals surface area contributed by atoms with Gasteiger partial charge in [-0.05, 0) is 36.4 Å². The minimum Gasteiger partial charge on any atom is -0.467 e. The average Bonchev–Trinajstić information content (AvgIpc) is 2.97. The van der Waals surface area contributed by atoms with Crippen LogP contribution < -0.4 is 0 Å². The first kappa shape index (κ1) is 27.8. The number of methoxy groups -OCH3 is 1. The van der Waals surface area contributed by atoms with Crippen LogP contribution in [0.1, 0.15) is 31.1 Å². The number of carbonyl (C=O) groups excluding carboxylic acids is 5. The standard InChI is InChI=1S/C28H24O10/c1-35-28(34)22(30)24(38-27(33)20-15-9-4-10-16-20)23(37-26(32)19-13-7-3-8-14-19)21(17-29)36-25(31)18-11-5-2-6-12-18/h2-17,21-24,30H,1H3/t21-,22-,23+,24-/m0/s1. The van der Waals surface area contributed by atoms with E-state index in [9.17, 15) is 29.1 Å². The second-order valence-corrected chi connectivity index (χ2v) is 7.81. The highest BCUT2D eigenvalue weighted by molar-refractivity contribution is 5.92. The summed E-state index contributed by atoms with van der Waals surface area (Å²) in [5.74, 6) is -4.24. The number of rotatable bonds is 11. The SMILES string of the molecule is COC(=O)[C@@H](O)[C@H](OC(=O)c1ccccc1)[C@H](OC(=O)c1ccccc1)[C@H](C=O)OC(=O)c1ccccc1. The molecule has 3 aromatic carbocycles. The van der Waals surface area contributed by atoms with Gasteiger partial charge in [0.1, 0.15) is 0 Å². The number of aliphatic hydroxyl groups excluding tert-OH is 1. The largest absolute Gasteiger partial charge is 0.467 e. The summed E-state index contributed by atoms with van der Waals surface area (Å²) in [6, 6.07) is 22.7. The Hall–Kier alpha value is -4.83. The van der Waals surface area contributed by atoms with Crippen molar-refractivity contribution in [2.45, 2.75) is 24.4 Å². The quantitative estimate of drug-likeness (QED) is 0.227. The topological polar surface area (TPSA) is 143 Å². The number of esters is 4. The molecule has 4 atom stereocenters. The Bertz CT molecular complexity index is 1240. The van der Waals surface area contributed by atoms with E-state index in [0.29, 0.717) is 0 Å². The maximum Gasteiger partial charge on any atom is 0.338 e. The highest BCUT2D eigenvalue weighted by Gasteiger charge is 2.45. The van der Waals surface area contributed by atoms with Crippen LogP contribution in [0.3, 0.4) is 0 Å². The van der Waals surface area contributed by atoms with Gasteiger partial charge in [0.05, 0.1) is 23.8 Å². The summed E-state index contributed by atoms with van der Waals surface area (Å²) in [7, 11) is 0.971. The fraction of sp³-hybridized carbons (Fsp3) is 0.179. The summed E-state index contributed by atoms with van der Waals surface area (Å²) >= 11 is 0. The van der Waals surface area contributed by atoms with Gasteiger partial charge in [-0.1, -0.05) is 54.6 Å². The lowest BCUT2D eigenvalue weighted by molar-refractivity contribution is -0.168. The summed E-state index contributed by atoms with van der Waals surface area (Å²) in [6.07, 6.45) is -7.95. The molecule has 0 aliphatic heterocycles. The molecule has 0 aliphatic carbocycles. The molecule has 3 rings (SSSR count). The van der Waals surface area contributed by atoms with E-state index in [-0.39, 0.29) is 23.0 Å². The van der Waals surface area contributed by atoms with Crippen molar-refractivity contribution < 1.29 is 48.0 Å². The van der Waals surface area contributed by atoms with Gasteiger partial charge in [-0.15, -0.1) is 0 Å². The molecule has 10 nitrogen and oxygen atoms in total. The molecule has 0 fully saturated rings. The van der Waals surface area contributed by atoms with E-state index < -0.39 is 48.3 Å². The van der Waals surface area contributed by atoms with Gasteiger partial charge < -0.3 is 24.1 Å². The third-order valence-electron chi connectivity index (χ3n) is 5.29. The number of hydrogen-bond donors (Lipinski definition) is 1. The van der Waals surface area contributed by atoms with E-state index in [1.54, 1.807) is 54.6 Å². The third kappa shape index (κ3) is 7.11. The first-order valence-corrected chi connectivity index (χ1v) is 11.3.